The van der Waals surface area contributed by atoms with Crippen LogP contribution in [0.4, 0.5) is 15.8 Å². The predicted octanol–water partition coefficient (Wildman–Crippen LogP) is 1.39. The Balaban J connectivity index is 2.69. The number of amides is 1. The molecule has 3 N–H and O–H groups in total. The van der Waals surface area contributed by atoms with Crippen molar-refractivity contribution in [1.29, 1.82) is 0 Å². The minimum Gasteiger partial charge on any atom is -0.481 e. The average Bonchev–Trinajstić information content (AvgIpc) is 2.31. The molecule has 21 heavy (non-hydrogen) atoms. The van der Waals surface area contributed by atoms with E-state index in [-0.39, 0.29) is 30.6 Å². The number of aliphatic carboxylic acids is 1. The van der Waals surface area contributed by atoms with Crippen LogP contribution in [0.3, 0.4) is 0 Å². The summed E-state index contributed by atoms with van der Waals surface area (Å²) in [4.78, 5) is 21.9. The lowest BCUT2D eigenvalue weighted by molar-refractivity contribution is -0.137. The molecule has 0 fully saturated rings. The van der Waals surface area contributed by atoms with Crippen molar-refractivity contribution in [3.8, 4) is 0 Å². The van der Waals surface area contributed by atoms with E-state index in [1.165, 1.54) is 6.07 Å². The first-order valence-corrected chi connectivity index (χ1v) is 7.85. The minimum atomic E-state index is -3.64. The van der Waals surface area contributed by atoms with E-state index in [0.29, 0.717) is 0 Å². The second kappa shape index (κ2) is 7.02. The summed E-state index contributed by atoms with van der Waals surface area (Å²) in [5.41, 5.74) is -0.0660. The van der Waals surface area contributed by atoms with E-state index in [9.17, 15) is 22.4 Å². The average molecular weight is 318 g/mol. The van der Waals surface area contributed by atoms with Crippen LogP contribution in [-0.2, 0) is 19.6 Å². The Morgan fingerprint density at radius 2 is 1.95 bits per heavy atom. The van der Waals surface area contributed by atoms with Crippen LogP contribution in [0.15, 0.2) is 18.2 Å². The molecule has 0 unspecified atom stereocenters. The Labute approximate surface area is 121 Å². The molecular formula is C12H15FN2O5S. The molecular weight excluding hydrogens is 303 g/mol. The van der Waals surface area contributed by atoms with Crippen molar-refractivity contribution >= 4 is 33.3 Å². The van der Waals surface area contributed by atoms with Crippen LogP contribution >= 0.6 is 0 Å². The number of nitrogens with one attached hydrogen (secondary N) is 2. The van der Waals surface area contributed by atoms with Crippen molar-refractivity contribution in [3.63, 3.8) is 0 Å². The summed E-state index contributed by atoms with van der Waals surface area (Å²) in [7, 11) is -3.64. The number of sulfonamides is 1. The van der Waals surface area contributed by atoms with Crippen molar-refractivity contribution < 1.29 is 27.5 Å². The number of hydrogen-bond acceptors (Lipinski definition) is 4. The van der Waals surface area contributed by atoms with Crippen LogP contribution < -0.4 is 10.0 Å². The van der Waals surface area contributed by atoms with Crippen LogP contribution in [0.2, 0.25) is 0 Å². The van der Waals surface area contributed by atoms with E-state index in [0.717, 1.165) is 18.4 Å². The van der Waals surface area contributed by atoms with E-state index in [1.807, 2.05) is 4.72 Å². The highest BCUT2D eigenvalue weighted by Crippen LogP contribution is 2.20. The summed E-state index contributed by atoms with van der Waals surface area (Å²) in [5.74, 6) is -2.21. The Morgan fingerprint density at radius 1 is 1.29 bits per heavy atom. The van der Waals surface area contributed by atoms with Crippen molar-refractivity contribution in [2.45, 2.75) is 19.3 Å². The molecule has 0 aliphatic rings. The van der Waals surface area contributed by atoms with Gasteiger partial charge >= 0.3 is 5.97 Å². The molecule has 0 aliphatic heterocycles. The molecule has 116 valence electrons. The van der Waals surface area contributed by atoms with Crippen LogP contribution in [0.5, 0.6) is 0 Å². The molecule has 0 aliphatic carbocycles. The van der Waals surface area contributed by atoms with Gasteiger partial charge < -0.3 is 10.4 Å². The molecule has 0 saturated heterocycles. The zero-order valence-corrected chi connectivity index (χ0v) is 12.0. The summed E-state index contributed by atoms with van der Waals surface area (Å²) in [6.45, 7) is 0. The number of anilines is 2. The first-order chi connectivity index (χ1) is 9.67. The van der Waals surface area contributed by atoms with Gasteiger partial charge in [0.15, 0.2) is 0 Å². The van der Waals surface area contributed by atoms with Gasteiger partial charge in [0.1, 0.15) is 5.82 Å². The van der Waals surface area contributed by atoms with Gasteiger partial charge in [0.2, 0.25) is 15.9 Å². The highest BCUT2D eigenvalue weighted by atomic mass is 32.2. The Kier molecular flexibility index (Phi) is 5.65. The number of carboxylic acids is 1. The van der Waals surface area contributed by atoms with Gasteiger partial charge in [-0.05, 0) is 24.6 Å². The first-order valence-electron chi connectivity index (χ1n) is 5.96. The molecule has 7 nitrogen and oxygen atoms in total. The SMILES string of the molecule is CS(=O)(=O)Nc1cc(NC(=O)CCCC(=O)O)ccc1F. The van der Waals surface area contributed by atoms with Crippen molar-refractivity contribution in [1.82, 2.24) is 0 Å². The molecule has 0 aromatic heterocycles. The molecule has 0 bridgehead atoms. The fraction of sp³-hybridized carbons (Fsp3) is 0.333. The molecule has 0 saturated carbocycles. The second-order valence-corrected chi connectivity index (χ2v) is 6.11. The maximum absolute atomic E-state index is 13.4. The largest absolute Gasteiger partial charge is 0.481 e. The molecule has 1 aromatic rings. The number of benzene rings is 1. The number of hydrogen-bond donors (Lipinski definition) is 3. The van der Waals surface area contributed by atoms with Gasteiger partial charge in [-0.25, -0.2) is 12.8 Å². The van der Waals surface area contributed by atoms with Gasteiger partial charge in [0.25, 0.3) is 0 Å². The van der Waals surface area contributed by atoms with Crippen LogP contribution in [0.25, 0.3) is 0 Å². The van der Waals surface area contributed by atoms with Crippen LogP contribution in [-0.4, -0.2) is 31.7 Å². The topological polar surface area (TPSA) is 113 Å². The fourth-order valence-corrected chi connectivity index (χ4v) is 2.06. The van der Waals surface area contributed by atoms with Gasteiger partial charge in [-0.1, -0.05) is 0 Å². The van der Waals surface area contributed by atoms with Crippen molar-refractivity contribution in [2.75, 3.05) is 16.3 Å². The monoisotopic (exact) mass is 318 g/mol. The molecule has 0 heterocycles. The number of rotatable bonds is 7. The number of carbonyl (C=O) groups excluding carboxylic acids is 1. The standard InChI is InChI=1S/C12H15FN2O5S/c1-21(19,20)15-10-7-8(5-6-9(10)13)14-11(16)3-2-4-12(17)18/h5-7,15H,2-4H2,1H3,(H,14,16)(H,17,18). The van der Waals surface area contributed by atoms with Gasteiger partial charge in [0.05, 0.1) is 11.9 Å². The Bertz CT molecular complexity index is 645. The fourth-order valence-electron chi connectivity index (χ4n) is 1.50. The van der Waals surface area contributed by atoms with E-state index in [4.69, 9.17) is 5.11 Å². The molecule has 0 spiro atoms. The summed E-state index contributed by atoms with van der Waals surface area (Å²) in [6.07, 6.45) is 0.927. The molecule has 1 aromatic carbocycles. The molecule has 1 rings (SSSR count). The van der Waals surface area contributed by atoms with Crippen LogP contribution in [0, 0.1) is 5.82 Å². The zero-order valence-electron chi connectivity index (χ0n) is 11.2. The lowest BCUT2D eigenvalue weighted by atomic mass is 10.2. The van der Waals surface area contributed by atoms with E-state index in [1.54, 1.807) is 0 Å². The lowest BCUT2D eigenvalue weighted by Crippen LogP contribution is -2.14. The molecule has 9 heteroatoms. The van der Waals surface area contributed by atoms with Gasteiger partial charge in [-0.2, -0.15) is 0 Å². The minimum absolute atomic E-state index is 0.00147. The molecule has 0 radical (unpaired) electrons. The number of halogens is 1. The maximum Gasteiger partial charge on any atom is 0.303 e. The van der Waals surface area contributed by atoms with Gasteiger partial charge in [0, 0.05) is 18.5 Å². The second-order valence-electron chi connectivity index (χ2n) is 4.36. The summed E-state index contributed by atoms with van der Waals surface area (Å²) in [6, 6.07) is 3.43. The third-order valence-corrected chi connectivity index (χ3v) is 2.93. The van der Waals surface area contributed by atoms with Gasteiger partial charge in [-0.3, -0.25) is 14.3 Å². The highest BCUT2D eigenvalue weighted by molar-refractivity contribution is 7.92. The smallest absolute Gasteiger partial charge is 0.303 e. The van der Waals surface area contributed by atoms with Crippen LogP contribution in [0.1, 0.15) is 19.3 Å². The first kappa shape index (κ1) is 16.9. The summed E-state index contributed by atoms with van der Waals surface area (Å²) < 4.78 is 37.6. The predicted molar refractivity (Wildman–Crippen MR) is 75.0 cm³/mol. The normalized spacial score (nSPS) is 11.0. The Hall–Kier alpha value is -2.16. The lowest BCUT2D eigenvalue weighted by Gasteiger charge is -2.09. The third-order valence-electron chi connectivity index (χ3n) is 2.34. The quantitative estimate of drug-likeness (QED) is 0.703. The molecule has 0 atom stereocenters. The number of carboxylic acid groups (broad SMARTS) is 1. The van der Waals surface area contributed by atoms with E-state index >= 15 is 0 Å². The number of carbonyl (C=O) groups is 2. The molecule has 1 amide bonds. The van der Waals surface area contributed by atoms with E-state index in [2.05, 4.69) is 5.32 Å². The van der Waals surface area contributed by atoms with E-state index < -0.39 is 27.7 Å². The summed E-state index contributed by atoms with van der Waals surface area (Å²) >= 11 is 0. The maximum atomic E-state index is 13.4. The summed E-state index contributed by atoms with van der Waals surface area (Å²) in [5, 5.41) is 10.9. The van der Waals surface area contributed by atoms with Crippen molar-refractivity contribution in [2.24, 2.45) is 0 Å². The third kappa shape index (κ3) is 6.70. The Morgan fingerprint density at radius 3 is 2.52 bits per heavy atom. The highest BCUT2D eigenvalue weighted by Gasteiger charge is 2.10. The zero-order chi connectivity index (χ0) is 16.0. The van der Waals surface area contributed by atoms with Crippen molar-refractivity contribution in [3.05, 3.63) is 24.0 Å². The van der Waals surface area contributed by atoms with Gasteiger partial charge in [-0.15, -0.1) is 0 Å².